The van der Waals surface area contributed by atoms with Crippen LogP contribution in [-0.4, -0.2) is 21.7 Å². The number of nitrogens with zero attached hydrogens (tertiary/aromatic N) is 1. The Labute approximate surface area is 112 Å². The summed E-state index contributed by atoms with van der Waals surface area (Å²) in [4.78, 5) is 10.9. The zero-order valence-corrected chi connectivity index (χ0v) is 11.2. The number of aliphatic carboxylic acids is 1. The molecule has 0 aliphatic carbocycles. The highest BCUT2D eigenvalue weighted by Crippen LogP contribution is 2.27. The first-order chi connectivity index (χ1) is 8.95. The van der Waals surface area contributed by atoms with Gasteiger partial charge in [0.2, 0.25) is 0 Å². The Morgan fingerprint density at radius 1 is 1.58 bits per heavy atom. The maximum Gasteiger partial charge on any atom is 0.320 e. The zero-order chi connectivity index (χ0) is 14.2. The standard InChI is InChI=1S/C15H18N2O2/c1-4-10-5-6-11-12(8-13(16)15(18)19)9(2)17(3)14(11)7-10/h4-7,13H,1,8,16H2,2-3H3,(H,18,19). The number of aromatic nitrogens is 1. The van der Waals surface area contributed by atoms with Gasteiger partial charge in [-0.1, -0.05) is 24.8 Å². The number of rotatable bonds is 4. The van der Waals surface area contributed by atoms with Crippen LogP contribution < -0.4 is 5.73 Å². The summed E-state index contributed by atoms with van der Waals surface area (Å²) >= 11 is 0. The number of aryl methyl sites for hydroxylation is 1. The molecule has 1 unspecified atom stereocenters. The van der Waals surface area contributed by atoms with E-state index in [2.05, 4.69) is 11.1 Å². The molecule has 0 saturated heterocycles. The first kappa shape index (κ1) is 13.4. The normalized spacial score (nSPS) is 12.6. The van der Waals surface area contributed by atoms with E-state index >= 15 is 0 Å². The second-order valence-corrected chi connectivity index (χ2v) is 4.75. The second-order valence-electron chi connectivity index (χ2n) is 4.75. The van der Waals surface area contributed by atoms with Crippen molar-refractivity contribution in [3.8, 4) is 0 Å². The molecule has 4 heteroatoms. The quantitative estimate of drug-likeness (QED) is 0.882. The van der Waals surface area contributed by atoms with Crippen LogP contribution in [0.3, 0.4) is 0 Å². The fourth-order valence-electron chi connectivity index (χ4n) is 2.35. The Kier molecular flexibility index (Phi) is 3.44. The van der Waals surface area contributed by atoms with E-state index in [9.17, 15) is 4.79 Å². The topological polar surface area (TPSA) is 68.2 Å². The molecule has 1 atom stereocenters. The van der Waals surface area contributed by atoms with Crippen molar-refractivity contribution < 1.29 is 9.90 Å². The lowest BCUT2D eigenvalue weighted by Crippen LogP contribution is -2.32. The molecule has 3 N–H and O–H groups in total. The van der Waals surface area contributed by atoms with Gasteiger partial charge in [0.25, 0.3) is 0 Å². The van der Waals surface area contributed by atoms with Crippen molar-refractivity contribution >= 4 is 22.9 Å². The fourth-order valence-corrected chi connectivity index (χ4v) is 2.35. The van der Waals surface area contributed by atoms with Crippen molar-refractivity contribution in [2.24, 2.45) is 12.8 Å². The number of carbonyl (C=O) groups is 1. The Bertz CT molecular complexity index is 656. The second kappa shape index (κ2) is 4.90. The summed E-state index contributed by atoms with van der Waals surface area (Å²) in [5.41, 5.74) is 9.82. The van der Waals surface area contributed by atoms with E-state index in [0.29, 0.717) is 6.42 Å². The molecule has 0 radical (unpaired) electrons. The lowest BCUT2D eigenvalue weighted by atomic mass is 10.0. The zero-order valence-electron chi connectivity index (χ0n) is 11.2. The van der Waals surface area contributed by atoms with E-state index in [1.54, 1.807) is 6.08 Å². The van der Waals surface area contributed by atoms with Crippen LogP contribution in [0.2, 0.25) is 0 Å². The lowest BCUT2D eigenvalue weighted by Gasteiger charge is -2.07. The van der Waals surface area contributed by atoms with Gasteiger partial charge in [-0.2, -0.15) is 0 Å². The summed E-state index contributed by atoms with van der Waals surface area (Å²) in [5.74, 6) is -0.973. The molecule has 0 spiro atoms. The molecule has 2 aromatic rings. The predicted molar refractivity (Wildman–Crippen MR) is 77.1 cm³/mol. The predicted octanol–water partition coefficient (Wildman–Crippen LogP) is 2.08. The molecule has 19 heavy (non-hydrogen) atoms. The summed E-state index contributed by atoms with van der Waals surface area (Å²) < 4.78 is 2.06. The van der Waals surface area contributed by atoms with Crippen LogP contribution >= 0.6 is 0 Å². The summed E-state index contributed by atoms with van der Waals surface area (Å²) in [6.07, 6.45) is 2.14. The number of fused-ring (bicyclic) bond motifs is 1. The van der Waals surface area contributed by atoms with Gasteiger partial charge < -0.3 is 15.4 Å². The Morgan fingerprint density at radius 2 is 2.26 bits per heavy atom. The molecule has 0 bridgehead atoms. The van der Waals surface area contributed by atoms with Crippen LogP contribution in [0.1, 0.15) is 16.8 Å². The maximum absolute atomic E-state index is 10.9. The minimum atomic E-state index is -0.973. The highest BCUT2D eigenvalue weighted by atomic mass is 16.4. The molecule has 2 rings (SSSR count). The SMILES string of the molecule is C=Cc1ccc2c(CC(N)C(=O)O)c(C)n(C)c2c1. The molecule has 0 saturated carbocycles. The molecule has 0 fully saturated rings. The van der Waals surface area contributed by atoms with Gasteiger partial charge in [-0.15, -0.1) is 0 Å². The number of benzene rings is 1. The summed E-state index contributed by atoms with van der Waals surface area (Å²) in [7, 11) is 1.97. The number of carboxylic acid groups (broad SMARTS) is 1. The number of nitrogens with two attached hydrogens (primary N) is 1. The van der Waals surface area contributed by atoms with E-state index in [4.69, 9.17) is 10.8 Å². The summed E-state index contributed by atoms with van der Waals surface area (Å²) in [6, 6.07) is 5.15. The highest BCUT2D eigenvalue weighted by Gasteiger charge is 2.18. The third-order valence-corrected chi connectivity index (χ3v) is 3.63. The van der Waals surface area contributed by atoms with Gasteiger partial charge in [0.1, 0.15) is 6.04 Å². The highest BCUT2D eigenvalue weighted by molar-refractivity contribution is 5.88. The van der Waals surface area contributed by atoms with E-state index < -0.39 is 12.0 Å². The fraction of sp³-hybridized carbons (Fsp3) is 0.267. The van der Waals surface area contributed by atoms with Gasteiger partial charge in [0.05, 0.1) is 0 Å². The third-order valence-electron chi connectivity index (χ3n) is 3.63. The van der Waals surface area contributed by atoms with Crippen LogP contribution in [0.15, 0.2) is 24.8 Å². The van der Waals surface area contributed by atoms with Crippen LogP contribution in [0.5, 0.6) is 0 Å². The van der Waals surface area contributed by atoms with Crippen LogP contribution in [0, 0.1) is 6.92 Å². The monoisotopic (exact) mass is 258 g/mol. The average Bonchev–Trinajstić information content (AvgIpc) is 2.63. The molecule has 1 aromatic heterocycles. The Balaban J connectivity index is 2.58. The van der Waals surface area contributed by atoms with E-state index in [1.165, 1.54) is 0 Å². The van der Waals surface area contributed by atoms with Crippen molar-refractivity contribution in [2.75, 3.05) is 0 Å². The van der Waals surface area contributed by atoms with Crippen molar-refractivity contribution in [1.29, 1.82) is 0 Å². The molecule has 1 aromatic carbocycles. The smallest absolute Gasteiger partial charge is 0.320 e. The van der Waals surface area contributed by atoms with Gasteiger partial charge in [0.15, 0.2) is 0 Å². The largest absolute Gasteiger partial charge is 0.480 e. The van der Waals surface area contributed by atoms with Gasteiger partial charge in [-0.3, -0.25) is 4.79 Å². The van der Waals surface area contributed by atoms with E-state index in [-0.39, 0.29) is 0 Å². The average molecular weight is 258 g/mol. The Morgan fingerprint density at radius 3 is 2.84 bits per heavy atom. The molecule has 4 nitrogen and oxygen atoms in total. The van der Waals surface area contributed by atoms with Crippen molar-refractivity contribution in [2.45, 2.75) is 19.4 Å². The van der Waals surface area contributed by atoms with Crippen LogP contribution in [-0.2, 0) is 18.3 Å². The van der Waals surface area contributed by atoms with E-state index in [0.717, 1.165) is 27.7 Å². The number of carboxylic acids is 1. The Hall–Kier alpha value is -2.07. The van der Waals surface area contributed by atoms with E-state index in [1.807, 2.05) is 32.2 Å². The molecular weight excluding hydrogens is 240 g/mol. The molecule has 100 valence electrons. The molecule has 0 amide bonds. The lowest BCUT2D eigenvalue weighted by molar-refractivity contribution is -0.138. The maximum atomic E-state index is 10.9. The first-order valence-corrected chi connectivity index (χ1v) is 6.14. The van der Waals surface area contributed by atoms with Gasteiger partial charge in [0, 0.05) is 30.1 Å². The molecule has 1 heterocycles. The van der Waals surface area contributed by atoms with Crippen molar-refractivity contribution in [1.82, 2.24) is 4.57 Å². The van der Waals surface area contributed by atoms with Gasteiger partial charge in [-0.25, -0.2) is 0 Å². The molecular formula is C15H18N2O2. The van der Waals surface area contributed by atoms with Crippen LogP contribution in [0.4, 0.5) is 0 Å². The third kappa shape index (κ3) is 2.27. The first-order valence-electron chi connectivity index (χ1n) is 6.14. The van der Waals surface area contributed by atoms with Crippen molar-refractivity contribution in [3.63, 3.8) is 0 Å². The van der Waals surface area contributed by atoms with Crippen molar-refractivity contribution in [3.05, 3.63) is 41.6 Å². The van der Waals surface area contributed by atoms with Gasteiger partial charge in [-0.05, 0) is 24.1 Å². The number of hydrogen-bond acceptors (Lipinski definition) is 2. The van der Waals surface area contributed by atoms with Gasteiger partial charge >= 0.3 is 5.97 Å². The molecule has 0 aliphatic heterocycles. The minimum absolute atomic E-state index is 0.339. The van der Waals surface area contributed by atoms with Crippen LogP contribution in [0.25, 0.3) is 17.0 Å². The summed E-state index contributed by atoms with van der Waals surface area (Å²) in [6.45, 7) is 5.74. The summed E-state index contributed by atoms with van der Waals surface area (Å²) in [5, 5.41) is 10.0. The number of hydrogen-bond donors (Lipinski definition) is 2. The molecule has 0 aliphatic rings. The minimum Gasteiger partial charge on any atom is -0.480 e.